The first-order valence-electron chi connectivity index (χ1n) is 11.4. The number of quaternary nitrogens is 1. The summed E-state index contributed by atoms with van der Waals surface area (Å²) >= 11 is 0. The van der Waals surface area contributed by atoms with Crippen molar-refractivity contribution in [3.8, 4) is 11.5 Å². The van der Waals surface area contributed by atoms with E-state index in [1.165, 1.54) is 24.8 Å². The molecule has 5 heteroatoms. The van der Waals surface area contributed by atoms with Crippen molar-refractivity contribution in [3.63, 3.8) is 0 Å². The molecule has 0 unspecified atom stereocenters. The second-order valence-electron chi connectivity index (χ2n) is 9.59. The first-order valence-corrected chi connectivity index (χ1v) is 11.4. The summed E-state index contributed by atoms with van der Waals surface area (Å²) in [6.45, 7) is 6.45. The van der Waals surface area contributed by atoms with Crippen molar-refractivity contribution >= 4 is 5.97 Å². The fourth-order valence-corrected chi connectivity index (χ4v) is 5.92. The van der Waals surface area contributed by atoms with Crippen LogP contribution >= 0.6 is 0 Å². The number of ether oxygens (including phenoxy) is 3. The highest BCUT2D eigenvalue weighted by atomic mass is 16.6. The SMILES string of the molecule is COc1ccc(CC[NH2+]C[C@H]2C(=O)O[C@@H]3C[C@@]4(C)CCC[C@H](C)C4=C[C@@H]32)cc1OC. The van der Waals surface area contributed by atoms with Crippen molar-refractivity contribution in [1.29, 1.82) is 0 Å². The molecule has 1 aromatic carbocycles. The summed E-state index contributed by atoms with van der Waals surface area (Å²) in [5, 5.41) is 2.27. The number of allylic oxidation sites excluding steroid dienone is 1. The number of methoxy groups -OCH3 is 2. The number of hydrogen-bond acceptors (Lipinski definition) is 4. The minimum absolute atomic E-state index is 0.000818. The normalized spacial score (nSPS) is 32.7. The lowest BCUT2D eigenvalue weighted by molar-refractivity contribution is -0.658. The Bertz CT molecular complexity index is 819. The molecule has 5 nitrogen and oxygen atoms in total. The lowest BCUT2D eigenvalue weighted by Gasteiger charge is -2.45. The maximum atomic E-state index is 12.6. The Morgan fingerprint density at radius 1 is 1.23 bits per heavy atom. The van der Waals surface area contributed by atoms with Gasteiger partial charge in [-0.05, 0) is 48.3 Å². The van der Waals surface area contributed by atoms with Gasteiger partial charge in [0.15, 0.2) is 11.5 Å². The Morgan fingerprint density at radius 2 is 2.03 bits per heavy atom. The third-order valence-electron chi connectivity index (χ3n) is 7.59. The predicted octanol–water partition coefficient (Wildman–Crippen LogP) is 3.12. The molecule has 1 aromatic rings. The third-order valence-corrected chi connectivity index (χ3v) is 7.59. The third kappa shape index (κ3) is 3.96. The van der Waals surface area contributed by atoms with Gasteiger partial charge in [-0.2, -0.15) is 0 Å². The Morgan fingerprint density at radius 3 is 2.80 bits per heavy atom. The lowest BCUT2D eigenvalue weighted by Crippen LogP contribution is -2.86. The maximum absolute atomic E-state index is 12.6. The average Bonchev–Trinajstić information content (AvgIpc) is 3.03. The van der Waals surface area contributed by atoms with E-state index in [1.54, 1.807) is 19.8 Å². The molecule has 2 fully saturated rings. The van der Waals surface area contributed by atoms with Gasteiger partial charge in [-0.3, -0.25) is 4.79 Å². The van der Waals surface area contributed by atoms with Crippen LogP contribution in [0.3, 0.4) is 0 Å². The summed E-state index contributed by atoms with van der Waals surface area (Å²) in [6, 6.07) is 6.05. The van der Waals surface area contributed by atoms with Crippen LogP contribution in [0.15, 0.2) is 29.8 Å². The maximum Gasteiger partial charge on any atom is 0.315 e. The molecule has 1 saturated heterocycles. The van der Waals surface area contributed by atoms with Gasteiger partial charge >= 0.3 is 5.97 Å². The number of nitrogens with two attached hydrogens (primary N) is 1. The molecule has 2 aliphatic carbocycles. The molecule has 5 atom stereocenters. The minimum Gasteiger partial charge on any atom is -0.493 e. The standard InChI is InChI=1S/C25H35NO4/c1-16-6-5-10-25(2)14-23-18(13-20(16)25)19(24(27)30-23)15-26-11-9-17-7-8-21(28-3)22(12-17)29-4/h7-8,12-13,16,18-19,23,26H,5-6,9-11,14-15H2,1-4H3/p+1/t16-,18+,19+,23+,25+/m0/s1. The van der Waals surface area contributed by atoms with Crippen molar-refractivity contribution in [1.82, 2.24) is 0 Å². The van der Waals surface area contributed by atoms with Crippen molar-refractivity contribution in [2.45, 2.75) is 52.1 Å². The number of fused-ring (bicyclic) bond motifs is 2. The van der Waals surface area contributed by atoms with E-state index in [0.717, 1.165) is 37.4 Å². The molecule has 0 radical (unpaired) electrons. The Labute approximate surface area is 180 Å². The zero-order valence-corrected chi connectivity index (χ0v) is 18.8. The van der Waals surface area contributed by atoms with E-state index in [9.17, 15) is 4.79 Å². The van der Waals surface area contributed by atoms with Crippen molar-refractivity contribution < 1.29 is 24.3 Å². The zero-order valence-electron chi connectivity index (χ0n) is 18.8. The van der Waals surface area contributed by atoms with Gasteiger partial charge in [0.25, 0.3) is 0 Å². The molecular weight excluding hydrogens is 378 g/mol. The molecule has 0 amide bonds. The highest BCUT2D eigenvalue weighted by Gasteiger charge is 2.52. The van der Waals surface area contributed by atoms with E-state index in [2.05, 4.69) is 31.3 Å². The molecule has 30 heavy (non-hydrogen) atoms. The Hall–Kier alpha value is -2.01. The second kappa shape index (κ2) is 8.62. The number of carbonyl (C=O) groups excluding carboxylic acids is 1. The van der Waals surface area contributed by atoms with Crippen LogP contribution in [0.1, 0.15) is 45.1 Å². The van der Waals surface area contributed by atoms with Crippen LogP contribution < -0.4 is 14.8 Å². The van der Waals surface area contributed by atoms with Crippen LogP contribution in [0.5, 0.6) is 11.5 Å². The van der Waals surface area contributed by atoms with Crippen LogP contribution in [-0.2, 0) is 16.0 Å². The fourth-order valence-electron chi connectivity index (χ4n) is 5.92. The molecular formula is C25H36NO4+. The molecule has 0 aromatic heterocycles. The summed E-state index contributed by atoms with van der Waals surface area (Å²) in [5.74, 6) is 2.37. The summed E-state index contributed by atoms with van der Waals surface area (Å²) in [5.41, 5.74) is 3.02. The van der Waals surface area contributed by atoms with Gasteiger partial charge in [0, 0.05) is 12.3 Å². The monoisotopic (exact) mass is 414 g/mol. The van der Waals surface area contributed by atoms with Crippen LogP contribution in [-0.4, -0.2) is 39.4 Å². The minimum atomic E-state index is -0.0217. The van der Waals surface area contributed by atoms with Gasteiger partial charge in [-0.25, -0.2) is 0 Å². The second-order valence-corrected chi connectivity index (χ2v) is 9.59. The molecule has 0 bridgehead atoms. The molecule has 1 heterocycles. The van der Waals surface area contributed by atoms with E-state index in [0.29, 0.717) is 5.92 Å². The van der Waals surface area contributed by atoms with Crippen LogP contribution in [0.2, 0.25) is 0 Å². The molecule has 2 N–H and O–H groups in total. The number of benzene rings is 1. The quantitative estimate of drug-likeness (QED) is 0.423. The molecule has 0 spiro atoms. The highest BCUT2D eigenvalue weighted by molar-refractivity contribution is 5.76. The van der Waals surface area contributed by atoms with Crippen LogP contribution in [0, 0.1) is 23.2 Å². The summed E-state index contributed by atoms with van der Waals surface area (Å²) in [4.78, 5) is 12.6. The van der Waals surface area contributed by atoms with E-state index < -0.39 is 0 Å². The fraction of sp³-hybridized carbons (Fsp3) is 0.640. The molecule has 164 valence electrons. The van der Waals surface area contributed by atoms with Gasteiger partial charge in [0.05, 0.1) is 27.3 Å². The number of carbonyl (C=O) groups is 1. The van der Waals surface area contributed by atoms with Crippen molar-refractivity contribution in [2.24, 2.45) is 23.2 Å². The molecule has 3 aliphatic rings. The van der Waals surface area contributed by atoms with Gasteiger partial charge < -0.3 is 19.5 Å². The average molecular weight is 415 g/mol. The van der Waals surface area contributed by atoms with E-state index >= 15 is 0 Å². The van der Waals surface area contributed by atoms with E-state index in [-0.39, 0.29) is 29.3 Å². The zero-order chi connectivity index (χ0) is 21.3. The Kier molecular flexibility index (Phi) is 6.10. The van der Waals surface area contributed by atoms with Gasteiger partial charge in [0.1, 0.15) is 12.0 Å². The van der Waals surface area contributed by atoms with Crippen LogP contribution in [0.25, 0.3) is 0 Å². The summed E-state index contributed by atoms with van der Waals surface area (Å²) in [6.07, 6.45) is 8.22. The summed E-state index contributed by atoms with van der Waals surface area (Å²) in [7, 11) is 3.31. The first kappa shape index (κ1) is 21.2. The first-order chi connectivity index (χ1) is 14.4. The predicted molar refractivity (Wildman–Crippen MR) is 116 cm³/mol. The smallest absolute Gasteiger partial charge is 0.315 e. The van der Waals surface area contributed by atoms with E-state index in [4.69, 9.17) is 14.2 Å². The highest BCUT2D eigenvalue weighted by Crippen LogP contribution is 2.53. The molecule has 4 rings (SSSR count). The van der Waals surface area contributed by atoms with Gasteiger partial charge in [0.2, 0.25) is 0 Å². The Balaban J connectivity index is 1.36. The molecule has 1 saturated carbocycles. The number of rotatable bonds is 7. The topological polar surface area (TPSA) is 61.4 Å². The van der Waals surface area contributed by atoms with Crippen LogP contribution in [0.4, 0.5) is 0 Å². The number of hydrogen-bond donors (Lipinski definition) is 1. The number of esters is 1. The van der Waals surface area contributed by atoms with Crippen molar-refractivity contribution in [3.05, 3.63) is 35.4 Å². The van der Waals surface area contributed by atoms with Gasteiger partial charge in [-0.1, -0.05) is 38.0 Å². The molecule has 1 aliphatic heterocycles. The largest absolute Gasteiger partial charge is 0.493 e. The van der Waals surface area contributed by atoms with Gasteiger partial charge in [-0.15, -0.1) is 0 Å². The summed E-state index contributed by atoms with van der Waals surface area (Å²) < 4.78 is 16.6. The van der Waals surface area contributed by atoms with Crippen molar-refractivity contribution in [2.75, 3.05) is 27.3 Å². The van der Waals surface area contributed by atoms with E-state index in [1.807, 2.05) is 12.1 Å². The lowest BCUT2D eigenvalue weighted by atomic mass is 9.59.